The molecule has 3 aromatic heterocycles. The van der Waals surface area contributed by atoms with Crippen LogP contribution >= 0.6 is 34.5 Å². The zero-order valence-corrected chi connectivity index (χ0v) is 23.1. The lowest BCUT2D eigenvalue weighted by molar-refractivity contribution is -0.120. The lowest BCUT2D eigenvalue weighted by Gasteiger charge is -2.26. The highest BCUT2D eigenvalue weighted by Crippen LogP contribution is 2.27. The van der Waals surface area contributed by atoms with Crippen molar-refractivity contribution in [2.45, 2.75) is 39.5 Å². The van der Waals surface area contributed by atoms with Gasteiger partial charge in [-0.3, -0.25) is 14.0 Å². The number of carbonyl (C=O) groups is 1. The van der Waals surface area contributed by atoms with Crippen LogP contribution in [0.25, 0.3) is 21.9 Å². The zero-order chi connectivity index (χ0) is 26.1. The number of rotatable bonds is 7. The number of benzene rings is 1. The number of hydrogen-bond acceptors (Lipinski definition) is 6. The third-order valence-corrected chi connectivity index (χ3v) is 8.27. The number of hydrogen-bond donors (Lipinski definition) is 1. The molecule has 1 N–H and O–H groups in total. The van der Waals surface area contributed by atoms with E-state index in [4.69, 9.17) is 28.3 Å². The third kappa shape index (κ3) is 5.45. The Morgan fingerprint density at radius 1 is 1.11 bits per heavy atom. The maximum absolute atomic E-state index is 13.7. The van der Waals surface area contributed by atoms with Crippen molar-refractivity contribution < 1.29 is 4.79 Å². The highest BCUT2D eigenvalue weighted by Gasteiger charge is 2.20. The van der Waals surface area contributed by atoms with Gasteiger partial charge in [0, 0.05) is 29.9 Å². The number of thiazole rings is 1. The minimum absolute atomic E-state index is 0.106. The summed E-state index contributed by atoms with van der Waals surface area (Å²) in [5.74, 6) is -0.106. The first-order valence-electron chi connectivity index (χ1n) is 12.3. The van der Waals surface area contributed by atoms with E-state index >= 15 is 0 Å². The lowest BCUT2D eigenvalue weighted by atomic mass is 10.1. The average Bonchev–Trinajstić information content (AvgIpc) is 3.44. The summed E-state index contributed by atoms with van der Waals surface area (Å²) in [7, 11) is 0. The summed E-state index contributed by atoms with van der Waals surface area (Å²) in [6, 6.07) is 7.11. The van der Waals surface area contributed by atoms with Crippen LogP contribution in [0.3, 0.4) is 0 Å². The van der Waals surface area contributed by atoms with E-state index in [-0.39, 0.29) is 17.9 Å². The number of fused-ring (bicyclic) bond motifs is 1. The molecular formula is C26H28Cl2N6O2S. The third-order valence-electron chi connectivity index (χ3n) is 6.65. The van der Waals surface area contributed by atoms with Crippen LogP contribution in [0.15, 0.2) is 34.4 Å². The van der Waals surface area contributed by atoms with Crippen molar-refractivity contribution in [3.63, 3.8) is 0 Å². The molecule has 0 spiro atoms. The molecule has 1 saturated heterocycles. The monoisotopic (exact) mass is 558 g/mol. The van der Waals surface area contributed by atoms with Crippen LogP contribution in [0.4, 0.5) is 0 Å². The maximum atomic E-state index is 13.7. The summed E-state index contributed by atoms with van der Waals surface area (Å²) in [6.07, 6.45) is 3.84. The Hall–Kier alpha value is -2.72. The highest BCUT2D eigenvalue weighted by molar-refractivity contribution is 7.15. The number of halogens is 2. The number of aryl methyl sites for hydroxylation is 2. The Labute approximate surface area is 228 Å². The fourth-order valence-electron chi connectivity index (χ4n) is 4.76. The number of likely N-dealkylation sites (tertiary alicyclic amines) is 1. The molecule has 1 aromatic carbocycles. The van der Waals surface area contributed by atoms with Crippen LogP contribution in [0.5, 0.6) is 0 Å². The molecule has 0 saturated carbocycles. The van der Waals surface area contributed by atoms with Crippen molar-refractivity contribution in [3.05, 3.63) is 67.1 Å². The second-order valence-corrected chi connectivity index (χ2v) is 11.0. The van der Waals surface area contributed by atoms with E-state index in [1.54, 1.807) is 23.7 Å². The van der Waals surface area contributed by atoms with Crippen molar-refractivity contribution in [1.29, 1.82) is 0 Å². The first-order valence-corrected chi connectivity index (χ1v) is 14.0. The molecular weight excluding hydrogens is 531 g/mol. The molecule has 4 heterocycles. The predicted molar refractivity (Wildman–Crippen MR) is 148 cm³/mol. The van der Waals surface area contributed by atoms with Crippen LogP contribution < -0.4 is 10.9 Å². The van der Waals surface area contributed by atoms with Gasteiger partial charge in [0.05, 0.1) is 33.4 Å². The molecule has 0 radical (unpaired) electrons. The van der Waals surface area contributed by atoms with Gasteiger partial charge in [-0.05, 0) is 64.0 Å². The van der Waals surface area contributed by atoms with Crippen LogP contribution in [0, 0.1) is 13.8 Å². The van der Waals surface area contributed by atoms with E-state index in [0.717, 1.165) is 31.0 Å². The topological polar surface area (TPSA) is 84.5 Å². The minimum Gasteiger partial charge on any atom is -0.354 e. The molecule has 4 aromatic rings. The normalized spacial score (nSPS) is 14.4. The molecule has 5 rings (SSSR count). The van der Waals surface area contributed by atoms with Gasteiger partial charge in [-0.1, -0.05) is 29.6 Å². The second-order valence-electron chi connectivity index (χ2n) is 9.33. The number of amides is 1. The summed E-state index contributed by atoms with van der Waals surface area (Å²) in [5, 5.41) is 10.4. The smallest absolute Gasteiger partial charge is 0.268 e. The predicted octanol–water partition coefficient (Wildman–Crippen LogP) is 4.68. The number of carbonyl (C=O) groups excluding carboxylic acids is 1. The van der Waals surface area contributed by atoms with E-state index in [2.05, 4.69) is 15.2 Å². The minimum atomic E-state index is -0.237. The van der Waals surface area contributed by atoms with Crippen molar-refractivity contribution in [2.75, 3.05) is 26.2 Å². The summed E-state index contributed by atoms with van der Waals surface area (Å²) in [6.45, 7) is 7.34. The molecule has 1 fully saturated rings. The van der Waals surface area contributed by atoms with E-state index in [0.29, 0.717) is 44.2 Å². The molecule has 11 heteroatoms. The van der Waals surface area contributed by atoms with Crippen molar-refractivity contribution >= 4 is 45.4 Å². The standard InChI is InChI=1S/C26H28Cl2N6O2S/c1-16-12-22(31-34(16)18-6-7-20(27)21(28)13-18)24-17(2)30-26-33(25(24)36)19(15-37-26)14-23(35)29-8-11-32-9-4-3-5-10-32/h6-7,12-13,15H,3-5,8-11,14H2,1-2H3,(H,29,35). The summed E-state index contributed by atoms with van der Waals surface area (Å²) < 4.78 is 3.25. The van der Waals surface area contributed by atoms with Gasteiger partial charge in [-0.2, -0.15) is 5.10 Å². The quantitative estimate of drug-likeness (QED) is 0.356. The first-order chi connectivity index (χ1) is 17.8. The van der Waals surface area contributed by atoms with Crippen molar-refractivity contribution in [2.24, 2.45) is 0 Å². The SMILES string of the molecule is Cc1nc2scc(CC(=O)NCCN3CCCCC3)n2c(=O)c1-c1cc(C)n(-c2ccc(Cl)c(Cl)c2)n1. The largest absolute Gasteiger partial charge is 0.354 e. The Morgan fingerprint density at radius 3 is 2.65 bits per heavy atom. The van der Waals surface area contributed by atoms with Gasteiger partial charge in [0.1, 0.15) is 5.69 Å². The Morgan fingerprint density at radius 2 is 1.89 bits per heavy atom. The van der Waals surface area contributed by atoms with Crippen molar-refractivity contribution in [1.82, 2.24) is 29.4 Å². The Balaban J connectivity index is 1.40. The van der Waals surface area contributed by atoms with Crippen molar-refractivity contribution in [3.8, 4) is 16.9 Å². The fraction of sp³-hybridized carbons (Fsp3) is 0.385. The average molecular weight is 560 g/mol. The van der Waals surface area contributed by atoms with Gasteiger partial charge < -0.3 is 10.2 Å². The van der Waals surface area contributed by atoms with E-state index in [9.17, 15) is 9.59 Å². The number of nitrogens with one attached hydrogen (secondary N) is 1. The van der Waals surface area contributed by atoms with Crippen LogP contribution in [-0.2, 0) is 11.2 Å². The molecule has 37 heavy (non-hydrogen) atoms. The fourth-order valence-corrected chi connectivity index (χ4v) is 5.98. The summed E-state index contributed by atoms with van der Waals surface area (Å²) >= 11 is 13.6. The molecule has 0 aliphatic carbocycles. The molecule has 0 bridgehead atoms. The summed E-state index contributed by atoms with van der Waals surface area (Å²) in [5.41, 5.74) is 3.45. The van der Waals surface area contributed by atoms with Gasteiger partial charge in [0.25, 0.3) is 5.56 Å². The molecule has 0 atom stereocenters. The second kappa shape index (κ2) is 10.9. The van der Waals surface area contributed by atoms with Crippen LogP contribution in [-0.4, -0.2) is 56.2 Å². The van der Waals surface area contributed by atoms with Crippen LogP contribution in [0.1, 0.15) is 36.3 Å². The Kier molecular flexibility index (Phi) is 7.67. The van der Waals surface area contributed by atoms with Gasteiger partial charge in [0.15, 0.2) is 4.96 Å². The molecule has 0 unspecified atom stereocenters. The highest BCUT2D eigenvalue weighted by atomic mass is 35.5. The molecule has 194 valence electrons. The number of nitrogens with zero attached hydrogens (tertiary/aromatic N) is 5. The van der Waals surface area contributed by atoms with Gasteiger partial charge >= 0.3 is 0 Å². The maximum Gasteiger partial charge on any atom is 0.268 e. The van der Waals surface area contributed by atoms with E-state index < -0.39 is 0 Å². The first kappa shape index (κ1) is 25.9. The van der Waals surface area contributed by atoms with E-state index in [1.165, 1.54) is 35.0 Å². The molecule has 1 amide bonds. The van der Waals surface area contributed by atoms with Gasteiger partial charge in [-0.25, -0.2) is 9.67 Å². The summed E-state index contributed by atoms with van der Waals surface area (Å²) in [4.78, 5) is 34.0. The molecule has 8 nitrogen and oxygen atoms in total. The number of piperidine rings is 1. The van der Waals surface area contributed by atoms with Gasteiger partial charge in [0.2, 0.25) is 5.91 Å². The zero-order valence-electron chi connectivity index (χ0n) is 20.8. The number of aromatic nitrogens is 4. The molecule has 1 aliphatic rings. The Bertz CT molecular complexity index is 1520. The van der Waals surface area contributed by atoms with Gasteiger partial charge in [-0.15, -0.1) is 11.3 Å². The molecule has 1 aliphatic heterocycles. The van der Waals surface area contributed by atoms with Crippen LogP contribution in [0.2, 0.25) is 10.0 Å². The lowest BCUT2D eigenvalue weighted by Crippen LogP contribution is -2.38. The van der Waals surface area contributed by atoms with E-state index in [1.807, 2.05) is 24.4 Å².